The fourth-order valence-corrected chi connectivity index (χ4v) is 0.887. The predicted molar refractivity (Wildman–Crippen MR) is 45.2 cm³/mol. The molecule has 1 rings (SSSR count). The molecule has 1 unspecified atom stereocenters. The average molecular weight is 153 g/mol. The highest BCUT2D eigenvalue weighted by molar-refractivity contribution is 5.03. The number of nitrogens with two attached hydrogens (primary N) is 1. The maximum Gasteiger partial charge on any atom is 0.0960 e. The fourth-order valence-electron chi connectivity index (χ4n) is 0.887. The van der Waals surface area contributed by atoms with Crippen molar-refractivity contribution in [3.63, 3.8) is 0 Å². The molecule has 1 heterocycles. The van der Waals surface area contributed by atoms with Gasteiger partial charge in [-0.3, -0.25) is 4.68 Å². The second-order valence-corrected chi connectivity index (χ2v) is 3.12. The third kappa shape index (κ3) is 1.80. The summed E-state index contributed by atoms with van der Waals surface area (Å²) in [4.78, 5) is 0. The molecule has 1 atom stereocenters. The Morgan fingerprint density at radius 1 is 1.45 bits per heavy atom. The van der Waals surface area contributed by atoms with Crippen molar-refractivity contribution in [3.05, 3.63) is 18.0 Å². The van der Waals surface area contributed by atoms with Crippen LogP contribution in [-0.4, -0.2) is 9.78 Å². The Kier molecular flexibility index (Phi) is 2.29. The van der Waals surface area contributed by atoms with Gasteiger partial charge >= 0.3 is 0 Å². The summed E-state index contributed by atoms with van der Waals surface area (Å²) in [6, 6.07) is 2.01. The van der Waals surface area contributed by atoms with Gasteiger partial charge in [-0.2, -0.15) is 5.10 Å². The van der Waals surface area contributed by atoms with E-state index in [1.165, 1.54) is 0 Å². The van der Waals surface area contributed by atoms with Crippen molar-refractivity contribution in [3.8, 4) is 0 Å². The molecule has 0 aliphatic carbocycles. The van der Waals surface area contributed by atoms with Crippen molar-refractivity contribution >= 4 is 0 Å². The molecule has 0 aliphatic rings. The van der Waals surface area contributed by atoms with E-state index in [0.29, 0.717) is 5.92 Å². The van der Waals surface area contributed by atoms with E-state index in [0.717, 1.165) is 5.69 Å². The third-order valence-electron chi connectivity index (χ3n) is 1.64. The van der Waals surface area contributed by atoms with E-state index in [1.54, 1.807) is 4.68 Å². The zero-order chi connectivity index (χ0) is 8.43. The summed E-state index contributed by atoms with van der Waals surface area (Å²) in [6.07, 6.45) is 1.89. The van der Waals surface area contributed by atoms with Gasteiger partial charge in [0.2, 0.25) is 0 Å². The van der Waals surface area contributed by atoms with Crippen molar-refractivity contribution in [1.82, 2.24) is 9.78 Å². The highest BCUT2D eigenvalue weighted by atomic mass is 15.3. The first-order valence-electron chi connectivity index (χ1n) is 3.92. The van der Waals surface area contributed by atoms with Crippen LogP contribution in [0.25, 0.3) is 0 Å². The summed E-state index contributed by atoms with van der Waals surface area (Å²) in [5, 5.41) is 4.30. The van der Waals surface area contributed by atoms with Gasteiger partial charge in [0, 0.05) is 6.20 Å². The summed E-state index contributed by atoms with van der Waals surface area (Å²) in [5.74, 6) is 0.481. The molecule has 1 aromatic rings. The molecule has 0 saturated heterocycles. The molecule has 0 amide bonds. The normalized spacial score (nSPS) is 13.9. The van der Waals surface area contributed by atoms with E-state index in [9.17, 15) is 0 Å². The van der Waals surface area contributed by atoms with Crippen molar-refractivity contribution in [2.24, 2.45) is 5.73 Å². The molecule has 0 saturated carbocycles. The minimum atomic E-state index is -0.0255. The van der Waals surface area contributed by atoms with Crippen molar-refractivity contribution in [2.75, 3.05) is 0 Å². The Hall–Kier alpha value is -0.830. The molecule has 3 nitrogen and oxygen atoms in total. The third-order valence-corrected chi connectivity index (χ3v) is 1.64. The predicted octanol–water partition coefficient (Wildman–Crippen LogP) is 1.48. The molecule has 0 aliphatic heterocycles. The summed E-state index contributed by atoms with van der Waals surface area (Å²) in [6.45, 7) is 6.15. The van der Waals surface area contributed by atoms with E-state index in [-0.39, 0.29) is 6.17 Å². The van der Waals surface area contributed by atoms with Crippen LogP contribution in [0.5, 0.6) is 0 Å². The van der Waals surface area contributed by atoms with Crippen LogP contribution in [0, 0.1) is 0 Å². The van der Waals surface area contributed by atoms with Crippen LogP contribution in [-0.2, 0) is 0 Å². The van der Waals surface area contributed by atoms with Gasteiger partial charge in [0.1, 0.15) is 0 Å². The van der Waals surface area contributed by atoms with Crippen LogP contribution in [0.4, 0.5) is 0 Å². The maximum atomic E-state index is 5.63. The first kappa shape index (κ1) is 8.27. The second-order valence-electron chi connectivity index (χ2n) is 3.12. The van der Waals surface area contributed by atoms with E-state index < -0.39 is 0 Å². The lowest BCUT2D eigenvalue weighted by atomic mass is 10.1. The summed E-state index contributed by atoms with van der Waals surface area (Å²) in [5.41, 5.74) is 6.73. The molecule has 0 aromatic carbocycles. The van der Waals surface area contributed by atoms with E-state index in [1.807, 2.05) is 19.2 Å². The smallest absolute Gasteiger partial charge is 0.0960 e. The second kappa shape index (κ2) is 3.05. The van der Waals surface area contributed by atoms with E-state index in [4.69, 9.17) is 5.73 Å². The Bertz CT molecular complexity index is 202. The molecule has 11 heavy (non-hydrogen) atoms. The van der Waals surface area contributed by atoms with E-state index >= 15 is 0 Å². The maximum absolute atomic E-state index is 5.63. The number of hydrogen-bond donors (Lipinski definition) is 1. The molecule has 0 fully saturated rings. The van der Waals surface area contributed by atoms with Gasteiger partial charge in [0.05, 0.1) is 11.9 Å². The lowest BCUT2D eigenvalue weighted by Crippen LogP contribution is -2.15. The van der Waals surface area contributed by atoms with Crippen molar-refractivity contribution < 1.29 is 0 Å². The Morgan fingerprint density at radius 2 is 2.09 bits per heavy atom. The van der Waals surface area contributed by atoms with Gasteiger partial charge < -0.3 is 5.73 Å². The van der Waals surface area contributed by atoms with Gasteiger partial charge in [-0.1, -0.05) is 13.8 Å². The molecule has 2 N–H and O–H groups in total. The Morgan fingerprint density at radius 3 is 2.36 bits per heavy atom. The van der Waals surface area contributed by atoms with Gasteiger partial charge in [0.15, 0.2) is 0 Å². The van der Waals surface area contributed by atoms with Crippen molar-refractivity contribution in [2.45, 2.75) is 32.9 Å². The van der Waals surface area contributed by atoms with Crippen LogP contribution in [0.3, 0.4) is 0 Å². The quantitative estimate of drug-likeness (QED) is 0.699. The molecule has 3 heteroatoms. The van der Waals surface area contributed by atoms with Gasteiger partial charge in [-0.25, -0.2) is 0 Å². The lowest BCUT2D eigenvalue weighted by Gasteiger charge is -2.04. The molecule has 0 radical (unpaired) electrons. The molecule has 62 valence electrons. The van der Waals surface area contributed by atoms with Crippen LogP contribution < -0.4 is 5.73 Å². The lowest BCUT2D eigenvalue weighted by molar-refractivity contribution is 0.501. The van der Waals surface area contributed by atoms with Crippen LogP contribution in [0.1, 0.15) is 38.5 Å². The minimum absolute atomic E-state index is 0.0255. The van der Waals surface area contributed by atoms with Gasteiger partial charge in [-0.15, -0.1) is 0 Å². The van der Waals surface area contributed by atoms with Crippen molar-refractivity contribution in [1.29, 1.82) is 0 Å². The fraction of sp³-hybridized carbons (Fsp3) is 0.625. The molecule has 0 spiro atoms. The first-order chi connectivity index (χ1) is 5.11. The molecule has 0 bridgehead atoms. The standard InChI is InChI=1S/C8H15N3/c1-6(2)8-4-5-11(10-8)7(3)9/h4-7H,9H2,1-3H3. The SMILES string of the molecule is CC(C)c1ccn(C(C)N)n1. The topological polar surface area (TPSA) is 43.8 Å². The van der Waals surface area contributed by atoms with Gasteiger partial charge in [-0.05, 0) is 18.9 Å². The van der Waals surface area contributed by atoms with Gasteiger partial charge in [0.25, 0.3) is 0 Å². The number of aromatic nitrogens is 2. The molecule has 1 aromatic heterocycles. The molecular formula is C8H15N3. The first-order valence-corrected chi connectivity index (χ1v) is 3.92. The Labute approximate surface area is 67.2 Å². The number of hydrogen-bond acceptors (Lipinski definition) is 2. The highest BCUT2D eigenvalue weighted by Crippen LogP contribution is 2.11. The number of rotatable bonds is 2. The largest absolute Gasteiger partial charge is 0.310 e. The summed E-state index contributed by atoms with van der Waals surface area (Å²) < 4.78 is 1.77. The van der Waals surface area contributed by atoms with Crippen LogP contribution in [0.15, 0.2) is 12.3 Å². The number of nitrogens with zero attached hydrogens (tertiary/aromatic N) is 2. The van der Waals surface area contributed by atoms with Crippen LogP contribution in [0.2, 0.25) is 0 Å². The Balaban J connectivity index is 2.82. The summed E-state index contributed by atoms with van der Waals surface area (Å²) >= 11 is 0. The van der Waals surface area contributed by atoms with E-state index in [2.05, 4.69) is 18.9 Å². The molecular weight excluding hydrogens is 138 g/mol. The minimum Gasteiger partial charge on any atom is -0.310 e. The average Bonchev–Trinajstić information content (AvgIpc) is 2.33. The summed E-state index contributed by atoms with van der Waals surface area (Å²) in [7, 11) is 0. The van der Waals surface area contributed by atoms with Crippen LogP contribution >= 0.6 is 0 Å². The monoisotopic (exact) mass is 153 g/mol. The zero-order valence-electron chi connectivity index (χ0n) is 7.28. The zero-order valence-corrected chi connectivity index (χ0v) is 7.28. The highest BCUT2D eigenvalue weighted by Gasteiger charge is 2.04.